The first kappa shape index (κ1) is 46.3. The molecule has 4 amide bonds. The Balaban J connectivity index is 6.37. The molecule has 0 aliphatic carbocycles. The van der Waals surface area contributed by atoms with Gasteiger partial charge < -0.3 is 59.8 Å². The number of aliphatic imine (C=N–C) groups is 2. The second-order valence-corrected chi connectivity index (χ2v) is 13.5. The minimum absolute atomic E-state index is 0.0269. The summed E-state index contributed by atoms with van der Waals surface area (Å²) in [4.78, 5) is 86.5. The highest BCUT2D eigenvalue weighted by atomic mass is 16.6. The normalized spacial score (nSPS) is 15.3. The van der Waals surface area contributed by atoms with Gasteiger partial charge in [-0.05, 0) is 58.3 Å². The van der Waals surface area contributed by atoms with E-state index in [2.05, 4.69) is 31.3 Å². The van der Waals surface area contributed by atoms with Crippen molar-refractivity contribution in [3.05, 3.63) is 0 Å². The topological polar surface area (TPSA) is 335 Å². The van der Waals surface area contributed by atoms with Gasteiger partial charge in [0.05, 0.1) is 12.5 Å². The molecule has 292 valence electrons. The fourth-order valence-corrected chi connectivity index (χ4v) is 4.61. The number of carboxylic acid groups (broad SMARTS) is 1. The average Bonchev–Trinajstić information content (AvgIpc) is 3.02. The Morgan fingerprint density at radius 2 is 1.14 bits per heavy atom. The molecule has 19 nitrogen and oxygen atoms in total. The summed E-state index contributed by atoms with van der Waals surface area (Å²) in [6, 6.07) is -6.29. The third kappa shape index (κ3) is 19.3. The van der Waals surface area contributed by atoms with E-state index >= 15 is 0 Å². The summed E-state index contributed by atoms with van der Waals surface area (Å²) in [6.45, 7) is 12.2. The smallest absolute Gasteiger partial charge is 0.326 e. The molecule has 0 saturated carbocycles. The van der Waals surface area contributed by atoms with Gasteiger partial charge >= 0.3 is 11.9 Å². The Hall–Kier alpha value is -4.68. The zero-order valence-corrected chi connectivity index (χ0v) is 31.0. The molecule has 51 heavy (non-hydrogen) atoms. The number of aliphatic carboxylic acids is 1. The maximum Gasteiger partial charge on any atom is 0.326 e. The Kier molecular flexibility index (Phi) is 20.8. The summed E-state index contributed by atoms with van der Waals surface area (Å²) >= 11 is 0. The highest BCUT2D eigenvalue weighted by Crippen LogP contribution is 2.14. The number of carbonyl (C=O) groups is 6. The standard InChI is InChI=1S/C32H61N11O8/c1-8-17(3)23(42-25(45)19(33)12-10-14-38-30(34)35)28(48)41-21(16-22(44)51-32(5,6)7)27(47)40-20(13-11-15-39-31(36)37)26(46)43-24(29(49)50)18(4)9-2/h17-21,23-24H,8-16,33H2,1-7H3,(H,40,47)(H,41,48)(H,42,45)(H,43,46)(H,49,50)(H4,34,35,38)(H4,36,37,39)/t17-,18-,19-,20-,21-,23-,24-/m0/s1. The number of carboxylic acids is 1. The van der Waals surface area contributed by atoms with Gasteiger partial charge in [-0.2, -0.15) is 0 Å². The van der Waals surface area contributed by atoms with Gasteiger partial charge in [0.1, 0.15) is 29.8 Å². The molecule has 0 aromatic heterocycles. The van der Waals surface area contributed by atoms with E-state index in [-0.39, 0.29) is 44.3 Å². The summed E-state index contributed by atoms with van der Waals surface area (Å²) in [5, 5.41) is 19.9. The fraction of sp³-hybridized carbons (Fsp3) is 0.750. The van der Waals surface area contributed by atoms with Gasteiger partial charge in [-0.3, -0.25) is 34.0 Å². The summed E-state index contributed by atoms with van der Waals surface area (Å²) in [7, 11) is 0. The van der Waals surface area contributed by atoms with Crippen LogP contribution in [0.1, 0.15) is 93.4 Å². The molecule has 0 bridgehead atoms. The van der Waals surface area contributed by atoms with Crippen molar-refractivity contribution >= 4 is 47.5 Å². The third-order valence-electron chi connectivity index (χ3n) is 7.88. The molecule has 0 saturated heterocycles. The third-order valence-corrected chi connectivity index (χ3v) is 7.88. The van der Waals surface area contributed by atoms with Crippen LogP contribution < -0.4 is 49.9 Å². The lowest BCUT2D eigenvalue weighted by Gasteiger charge is -2.29. The molecule has 0 aromatic rings. The molecular formula is C32H61N11O8. The van der Waals surface area contributed by atoms with Crippen LogP contribution in [0.2, 0.25) is 0 Å². The number of hydrogen-bond donors (Lipinski definition) is 10. The molecule has 0 heterocycles. The Morgan fingerprint density at radius 1 is 0.686 bits per heavy atom. The van der Waals surface area contributed by atoms with Gasteiger partial charge in [-0.1, -0.05) is 40.5 Å². The van der Waals surface area contributed by atoms with Crippen LogP contribution in [0, 0.1) is 11.8 Å². The first-order valence-electron chi connectivity index (χ1n) is 17.2. The maximum atomic E-state index is 13.8. The first-order valence-corrected chi connectivity index (χ1v) is 17.2. The number of nitrogens with two attached hydrogens (primary N) is 5. The van der Waals surface area contributed by atoms with Crippen molar-refractivity contribution in [3.8, 4) is 0 Å². The van der Waals surface area contributed by atoms with E-state index in [1.165, 1.54) is 0 Å². The number of nitrogens with one attached hydrogen (secondary N) is 4. The first-order chi connectivity index (χ1) is 23.6. The second kappa shape index (κ2) is 22.9. The number of hydrogen-bond acceptors (Lipinski definition) is 10. The minimum Gasteiger partial charge on any atom is -0.480 e. The minimum atomic E-state index is -1.57. The Morgan fingerprint density at radius 3 is 1.61 bits per heavy atom. The maximum absolute atomic E-state index is 13.8. The molecule has 0 radical (unpaired) electrons. The summed E-state index contributed by atoms with van der Waals surface area (Å²) in [6.07, 6.45) is 1.05. The lowest BCUT2D eigenvalue weighted by atomic mass is 9.97. The number of ether oxygens (including phenoxy) is 1. The molecular weight excluding hydrogens is 666 g/mol. The van der Waals surface area contributed by atoms with Crippen LogP contribution in [-0.4, -0.2) is 101 Å². The van der Waals surface area contributed by atoms with Crippen LogP contribution >= 0.6 is 0 Å². The lowest BCUT2D eigenvalue weighted by molar-refractivity contribution is -0.156. The van der Waals surface area contributed by atoms with Crippen LogP contribution in [0.25, 0.3) is 0 Å². The zero-order chi connectivity index (χ0) is 39.5. The van der Waals surface area contributed by atoms with Crippen LogP contribution in [0.4, 0.5) is 0 Å². The van der Waals surface area contributed by atoms with Crippen LogP contribution in [-0.2, 0) is 33.5 Å². The second-order valence-electron chi connectivity index (χ2n) is 13.5. The molecule has 0 aliphatic rings. The fourth-order valence-electron chi connectivity index (χ4n) is 4.61. The molecule has 7 atom stereocenters. The zero-order valence-electron chi connectivity index (χ0n) is 31.0. The van der Waals surface area contributed by atoms with Crippen LogP contribution in [0.5, 0.6) is 0 Å². The van der Waals surface area contributed by atoms with Crippen molar-refractivity contribution in [1.29, 1.82) is 0 Å². The summed E-state index contributed by atoms with van der Waals surface area (Å²) < 4.78 is 5.39. The number of guanidine groups is 2. The number of amides is 4. The molecule has 0 unspecified atom stereocenters. The van der Waals surface area contributed by atoms with Gasteiger partial charge in [-0.25, -0.2) is 4.79 Å². The highest BCUT2D eigenvalue weighted by Gasteiger charge is 2.35. The molecule has 0 rings (SSSR count). The lowest BCUT2D eigenvalue weighted by Crippen LogP contribution is -2.60. The number of carbonyl (C=O) groups excluding carboxylic acids is 5. The molecule has 0 aromatic carbocycles. The van der Waals surface area contributed by atoms with Gasteiger partial charge in [-0.15, -0.1) is 0 Å². The van der Waals surface area contributed by atoms with E-state index in [0.29, 0.717) is 19.3 Å². The van der Waals surface area contributed by atoms with E-state index in [4.69, 9.17) is 33.4 Å². The molecule has 15 N–H and O–H groups in total. The van der Waals surface area contributed by atoms with Crippen molar-refractivity contribution in [2.75, 3.05) is 13.1 Å². The average molecular weight is 728 g/mol. The number of esters is 1. The Labute approximate surface area is 300 Å². The number of nitrogens with zero attached hydrogens (tertiary/aromatic N) is 2. The van der Waals surface area contributed by atoms with Crippen molar-refractivity contribution in [1.82, 2.24) is 21.3 Å². The predicted molar refractivity (Wildman–Crippen MR) is 193 cm³/mol. The van der Waals surface area contributed by atoms with Crippen molar-refractivity contribution in [2.45, 2.75) is 129 Å². The molecule has 19 heteroatoms. The largest absolute Gasteiger partial charge is 0.480 e. The molecule has 0 spiro atoms. The SMILES string of the molecule is CC[C@H](C)[C@H](NC(=O)[C@H](CCCN=C(N)N)NC(=O)[C@H](CC(=O)OC(C)(C)C)NC(=O)[C@@H](NC(=O)[C@@H](N)CCCN=C(N)N)[C@@H](C)CC)C(=O)O. The van der Waals surface area contributed by atoms with E-state index < -0.39 is 89.6 Å². The molecule has 0 fully saturated rings. The van der Waals surface area contributed by atoms with Crippen LogP contribution in [0.15, 0.2) is 9.98 Å². The van der Waals surface area contributed by atoms with E-state index in [1.807, 2.05) is 0 Å². The summed E-state index contributed by atoms with van der Waals surface area (Å²) in [5.74, 6) is -6.39. The van der Waals surface area contributed by atoms with Gasteiger partial charge in [0.15, 0.2) is 11.9 Å². The van der Waals surface area contributed by atoms with Gasteiger partial charge in [0, 0.05) is 13.1 Å². The van der Waals surface area contributed by atoms with Gasteiger partial charge in [0.25, 0.3) is 0 Å². The van der Waals surface area contributed by atoms with E-state index in [9.17, 15) is 33.9 Å². The van der Waals surface area contributed by atoms with E-state index in [1.54, 1.807) is 48.5 Å². The van der Waals surface area contributed by atoms with Crippen LogP contribution in [0.3, 0.4) is 0 Å². The van der Waals surface area contributed by atoms with E-state index in [0.717, 1.165) is 0 Å². The van der Waals surface area contributed by atoms with Crippen molar-refractivity contribution in [3.63, 3.8) is 0 Å². The van der Waals surface area contributed by atoms with Gasteiger partial charge in [0.2, 0.25) is 23.6 Å². The molecule has 0 aliphatic heterocycles. The van der Waals surface area contributed by atoms with Crippen molar-refractivity contribution in [2.24, 2.45) is 50.5 Å². The highest BCUT2D eigenvalue weighted by molar-refractivity contribution is 5.97. The summed E-state index contributed by atoms with van der Waals surface area (Å²) in [5.41, 5.74) is 26.6. The monoisotopic (exact) mass is 727 g/mol. The quantitative estimate of drug-likeness (QED) is 0.0242. The number of rotatable bonds is 23. The van der Waals surface area contributed by atoms with Crippen molar-refractivity contribution < 1.29 is 38.6 Å². The predicted octanol–water partition coefficient (Wildman–Crippen LogP) is -1.73. The Bertz CT molecular complexity index is 1230.